The lowest BCUT2D eigenvalue weighted by Crippen LogP contribution is -1.95. The molecule has 1 N–H and O–H groups in total. The first kappa shape index (κ1) is 25.2. The molecule has 0 aliphatic rings. The summed E-state index contributed by atoms with van der Waals surface area (Å²) in [6, 6.07) is 33.3. The van der Waals surface area contributed by atoms with Crippen molar-refractivity contribution in [3.05, 3.63) is 127 Å². The van der Waals surface area contributed by atoms with Gasteiger partial charge in [-0.1, -0.05) is 86.6 Å². The summed E-state index contributed by atoms with van der Waals surface area (Å²) < 4.78 is 7.11. The Labute approximate surface area is 227 Å². The summed E-state index contributed by atoms with van der Waals surface area (Å²) in [7, 11) is 0. The van der Waals surface area contributed by atoms with Crippen molar-refractivity contribution in [1.29, 1.82) is 0 Å². The van der Waals surface area contributed by atoms with Gasteiger partial charge in [-0.25, -0.2) is 0 Å². The zero-order valence-electron chi connectivity index (χ0n) is 21.5. The molecule has 188 valence electrons. The molecule has 0 saturated heterocycles. The fourth-order valence-corrected chi connectivity index (χ4v) is 5.14. The van der Waals surface area contributed by atoms with E-state index < -0.39 is 0 Å². The number of fused-ring (bicyclic) bond motifs is 1. The Morgan fingerprint density at radius 1 is 0.684 bits per heavy atom. The zero-order valence-corrected chi connectivity index (χ0v) is 22.3. The van der Waals surface area contributed by atoms with Gasteiger partial charge in [0, 0.05) is 33.9 Å². The van der Waals surface area contributed by atoms with Gasteiger partial charge in [0.05, 0.1) is 22.8 Å². The second-order valence-electron chi connectivity index (χ2n) is 8.46. The number of thiophene rings is 1. The van der Waals surface area contributed by atoms with Crippen LogP contribution in [0, 0.1) is 0 Å². The first-order chi connectivity index (χ1) is 18.8. The summed E-state index contributed by atoms with van der Waals surface area (Å²) in [5, 5.41) is 4.68. The largest absolute Gasteiger partial charge is 0.487 e. The van der Waals surface area contributed by atoms with Crippen molar-refractivity contribution < 1.29 is 4.74 Å². The number of pyridine rings is 2. The van der Waals surface area contributed by atoms with Gasteiger partial charge in [-0.15, -0.1) is 11.3 Å². The van der Waals surface area contributed by atoms with Crippen molar-refractivity contribution in [3.8, 4) is 27.3 Å². The number of benzene rings is 3. The van der Waals surface area contributed by atoms with Gasteiger partial charge >= 0.3 is 0 Å². The van der Waals surface area contributed by atoms with E-state index in [1.807, 2.05) is 62.8 Å². The molecule has 0 unspecified atom stereocenters. The number of aromatic nitrogens is 2. The van der Waals surface area contributed by atoms with Gasteiger partial charge in [0.1, 0.15) is 12.4 Å². The van der Waals surface area contributed by atoms with E-state index in [0.29, 0.717) is 6.61 Å². The summed E-state index contributed by atoms with van der Waals surface area (Å²) in [5.74, 6) is 0.754. The number of ether oxygens (including phenoxy) is 1. The third-order valence-electron chi connectivity index (χ3n) is 5.96. The van der Waals surface area contributed by atoms with E-state index in [0.717, 1.165) is 43.2 Å². The molecule has 5 heteroatoms. The summed E-state index contributed by atoms with van der Waals surface area (Å²) in [6.07, 6.45) is 7.42. The van der Waals surface area contributed by atoms with Crippen LogP contribution >= 0.6 is 11.3 Å². The number of nitrogens with one attached hydrogen (secondary N) is 1. The van der Waals surface area contributed by atoms with Crippen LogP contribution in [0.15, 0.2) is 122 Å². The molecule has 0 bridgehead atoms. The Morgan fingerprint density at radius 3 is 2.13 bits per heavy atom. The minimum absolute atomic E-state index is 0.513. The maximum Gasteiger partial charge on any atom is 0.138 e. The fourth-order valence-electron chi connectivity index (χ4n) is 4.11. The second-order valence-corrected chi connectivity index (χ2v) is 9.55. The van der Waals surface area contributed by atoms with Gasteiger partial charge in [0.25, 0.3) is 0 Å². The minimum atomic E-state index is 0.513. The summed E-state index contributed by atoms with van der Waals surface area (Å²) >= 11 is 1.70. The molecular formula is C33H29N3OS. The predicted molar refractivity (Wildman–Crippen MR) is 160 cm³/mol. The van der Waals surface area contributed by atoms with E-state index in [2.05, 4.69) is 82.0 Å². The van der Waals surface area contributed by atoms with Crippen LogP contribution in [0.25, 0.3) is 31.7 Å². The van der Waals surface area contributed by atoms with Crippen LogP contribution < -0.4 is 10.1 Å². The van der Waals surface area contributed by atoms with Crippen LogP contribution in [0.2, 0.25) is 0 Å². The van der Waals surface area contributed by atoms with Crippen molar-refractivity contribution in [2.24, 2.45) is 0 Å². The summed E-state index contributed by atoms with van der Waals surface area (Å²) in [5.41, 5.74) is 6.56. The van der Waals surface area contributed by atoms with Crippen molar-refractivity contribution in [1.82, 2.24) is 9.97 Å². The highest BCUT2D eigenvalue weighted by Crippen LogP contribution is 2.38. The molecule has 3 aromatic carbocycles. The highest BCUT2D eigenvalue weighted by Gasteiger charge is 2.11. The van der Waals surface area contributed by atoms with Crippen molar-refractivity contribution in [2.75, 3.05) is 5.32 Å². The highest BCUT2D eigenvalue weighted by molar-refractivity contribution is 7.22. The molecule has 0 fully saturated rings. The lowest BCUT2D eigenvalue weighted by molar-refractivity contribution is 0.305. The lowest BCUT2D eigenvalue weighted by Gasteiger charge is -2.09. The first-order valence-electron chi connectivity index (χ1n) is 12.7. The van der Waals surface area contributed by atoms with Crippen LogP contribution in [0.5, 0.6) is 5.75 Å². The van der Waals surface area contributed by atoms with Crippen molar-refractivity contribution >= 4 is 32.8 Å². The van der Waals surface area contributed by atoms with Crippen LogP contribution in [-0.2, 0) is 6.61 Å². The van der Waals surface area contributed by atoms with E-state index in [1.54, 1.807) is 17.5 Å². The van der Waals surface area contributed by atoms with E-state index in [4.69, 9.17) is 4.74 Å². The molecule has 0 saturated carbocycles. The summed E-state index contributed by atoms with van der Waals surface area (Å²) in [4.78, 5) is 10.0. The van der Waals surface area contributed by atoms with Gasteiger partial charge in [0.15, 0.2) is 0 Å². The Morgan fingerprint density at radius 2 is 1.37 bits per heavy atom. The van der Waals surface area contributed by atoms with Crippen LogP contribution in [-0.4, -0.2) is 9.97 Å². The van der Waals surface area contributed by atoms with E-state index in [9.17, 15) is 0 Å². The fraction of sp³-hybridized carbons (Fsp3) is 0.0909. The monoisotopic (exact) mass is 515 g/mol. The minimum Gasteiger partial charge on any atom is -0.487 e. The average molecular weight is 516 g/mol. The lowest BCUT2D eigenvalue weighted by atomic mass is 10.1. The molecule has 0 amide bonds. The molecule has 0 atom stereocenters. The third kappa shape index (κ3) is 5.90. The smallest absolute Gasteiger partial charge is 0.138 e. The Balaban J connectivity index is 0.00000144. The normalized spacial score (nSPS) is 10.5. The molecule has 6 rings (SSSR count). The molecule has 3 heterocycles. The maximum absolute atomic E-state index is 5.99. The van der Waals surface area contributed by atoms with E-state index in [-0.39, 0.29) is 0 Å². The molecule has 0 radical (unpaired) electrons. The van der Waals surface area contributed by atoms with Gasteiger partial charge in [-0.3, -0.25) is 9.97 Å². The van der Waals surface area contributed by atoms with Crippen LogP contribution in [0.1, 0.15) is 19.4 Å². The van der Waals surface area contributed by atoms with Gasteiger partial charge in [0.2, 0.25) is 0 Å². The Kier molecular flexibility index (Phi) is 8.07. The number of anilines is 2. The third-order valence-corrected chi connectivity index (χ3v) is 7.08. The molecule has 4 nitrogen and oxygen atoms in total. The topological polar surface area (TPSA) is 47.0 Å². The molecule has 3 aromatic heterocycles. The number of hydrogen-bond acceptors (Lipinski definition) is 5. The molecule has 0 aliphatic carbocycles. The predicted octanol–water partition coefficient (Wildman–Crippen LogP) is 9.37. The molecule has 0 spiro atoms. The number of rotatable bonds is 7. The molecule has 0 aliphatic heterocycles. The molecule has 38 heavy (non-hydrogen) atoms. The molecule has 6 aromatic rings. The Hall–Kier alpha value is -4.48. The van der Waals surface area contributed by atoms with Crippen molar-refractivity contribution in [3.63, 3.8) is 0 Å². The molecular weight excluding hydrogens is 486 g/mol. The second kappa shape index (κ2) is 12.2. The average Bonchev–Trinajstić information content (AvgIpc) is 3.44. The van der Waals surface area contributed by atoms with Gasteiger partial charge < -0.3 is 10.1 Å². The summed E-state index contributed by atoms with van der Waals surface area (Å²) in [6.45, 7) is 4.51. The zero-order chi connectivity index (χ0) is 26.2. The van der Waals surface area contributed by atoms with E-state index >= 15 is 0 Å². The Bertz CT molecular complexity index is 1600. The number of nitrogens with zero attached hydrogens (tertiary/aromatic N) is 2. The van der Waals surface area contributed by atoms with Crippen LogP contribution in [0.4, 0.5) is 11.4 Å². The van der Waals surface area contributed by atoms with Gasteiger partial charge in [-0.05, 0) is 41.0 Å². The first-order valence-corrected chi connectivity index (χ1v) is 13.6. The van der Waals surface area contributed by atoms with Crippen LogP contribution in [0.3, 0.4) is 0 Å². The van der Waals surface area contributed by atoms with E-state index in [1.165, 1.54) is 11.1 Å². The van der Waals surface area contributed by atoms with Crippen molar-refractivity contribution in [2.45, 2.75) is 20.5 Å². The standard InChI is InChI=1S/C31H23N3OS.C2H6/c1-3-7-22(8-4-1)21-35-27-15-25(17-32-18-27)30-16-28-29(19-33-20-31(28)36-30)34-26-13-11-24(12-14-26)23-9-5-2-6-10-23;1-2/h1-20,34H,21H2;1-2H3. The highest BCUT2D eigenvalue weighted by atomic mass is 32.1. The SMILES string of the molecule is CC.c1ccc(COc2cncc(-c3cc4c(Nc5ccc(-c6ccccc6)cc5)cncc4s3)c2)cc1. The quantitative estimate of drug-likeness (QED) is 0.230. The van der Waals surface area contributed by atoms with Gasteiger partial charge in [-0.2, -0.15) is 0 Å². The maximum atomic E-state index is 5.99. The number of hydrogen-bond donors (Lipinski definition) is 1.